The van der Waals surface area contributed by atoms with E-state index >= 15 is 0 Å². The van der Waals surface area contributed by atoms with Gasteiger partial charge in [0, 0.05) is 19.0 Å². The van der Waals surface area contributed by atoms with Gasteiger partial charge in [-0.1, -0.05) is 39.5 Å². The van der Waals surface area contributed by atoms with E-state index in [9.17, 15) is 9.59 Å². The van der Waals surface area contributed by atoms with Gasteiger partial charge >= 0.3 is 12.1 Å². The summed E-state index contributed by atoms with van der Waals surface area (Å²) >= 11 is 0. The summed E-state index contributed by atoms with van der Waals surface area (Å²) in [6, 6.07) is 0.837. The maximum absolute atomic E-state index is 9.87. The van der Waals surface area contributed by atoms with E-state index in [0.29, 0.717) is 6.42 Å². The molecule has 4 N–H and O–H groups in total. The molecule has 0 radical (unpaired) electrons. The number of nitrogens with one attached hydrogen (secondary N) is 2. The molecule has 0 aromatic heterocycles. The first kappa shape index (κ1) is 22.0. The molecule has 21 heavy (non-hydrogen) atoms. The van der Waals surface area contributed by atoms with Crippen LogP contribution in [0, 0.1) is 0 Å². The minimum absolute atomic E-state index is 0.000278. The van der Waals surface area contributed by atoms with Gasteiger partial charge in [-0.05, 0) is 26.3 Å². The van der Waals surface area contributed by atoms with Gasteiger partial charge in [-0.2, -0.15) is 0 Å². The van der Waals surface area contributed by atoms with Gasteiger partial charge in [0.1, 0.15) is 0 Å². The summed E-state index contributed by atoms with van der Waals surface area (Å²) < 4.78 is 0. The highest BCUT2D eigenvalue weighted by molar-refractivity contribution is 5.67. The number of carboxylic acid groups (broad SMARTS) is 2. The number of aliphatic carboxylic acids is 1. The van der Waals surface area contributed by atoms with E-state index in [-0.39, 0.29) is 13.0 Å². The Kier molecular flexibility index (Phi) is 17.5. The lowest BCUT2D eigenvalue weighted by atomic mass is 9.96. The summed E-state index contributed by atoms with van der Waals surface area (Å²) in [4.78, 5) is 19.7. The summed E-state index contributed by atoms with van der Waals surface area (Å²) in [5, 5.41) is 21.5. The summed E-state index contributed by atoms with van der Waals surface area (Å²) in [6.07, 6.45) is 7.59. The summed E-state index contributed by atoms with van der Waals surface area (Å²) in [5.41, 5.74) is 0. The molecular weight excluding hydrogens is 272 g/mol. The van der Waals surface area contributed by atoms with Crippen LogP contribution in [0.2, 0.25) is 0 Å². The molecule has 6 nitrogen and oxygen atoms in total. The molecule has 6 heteroatoms. The molecule has 0 spiro atoms. The van der Waals surface area contributed by atoms with Crippen molar-refractivity contribution in [2.45, 2.75) is 71.3 Å². The third-order valence-electron chi connectivity index (χ3n) is 2.86. The first-order chi connectivity index (χ1) is 9.97. The number of rotatable bonds is 5. The Morgan fingerprint density at radius 3 is 1.95 bits per heavy atom. The Bertz CT molecular complexity index is 238. The molecule has 126 valence electrons. The van der Waals surface area contributed by atoms with E-state index in [0.717, 1.165) is 6.04 Å². The molecule has 1 aliphatic rings. The lowest BCUT2D eigenvalue weighted by molar-refractivity contribution is -0.137. The maximum Gasteiger partial charge on any atom is 0.404 e. The molecule has 0 aliphatic heterocycles. The van der Waals surface area contributed by atoms with Crippen molar-refractivity contribution in [1.29, 1.82) is 0 Å². The van der Waals surface area contributed by atoms with E-state index in [1.165, 1.54) is 38.5 Å². The van der Waals surface area contributed by atoms with Crippen LogP contribution in [-0.2, 0) is 4.79 Å². The van der Waals surface area contributed by atoms with Gasteiger partial charge in [0.15, 0.2) is 0 Å². The number of hydrogen-bond acceptors (Lipinski definition) is 3. The highest BCUT2D eigenvalue weighted by Crippen LogP contribution is 2.16. The third kappa shape index (κ3) is 21.2. The highest BCUT2D eigenvalue weighted by Gasteiger charge is 2.09. The fourth-order valence-electron chi connectivity index (χ4n) is 1.83. The molecule has 0 aromatic rings. The average molecular weight is 304 g/mol. The van der Waals surface area contributed by atoms with Crippen LogP contribution in [0.5, 0.6) is 0 Å². The maximum atomic E-state index is 9.87. The zero-order chi connectivity index (χ0) is 16.5. The smallest absolute Gasteiger partial charge is 0.404 e. The van der Waals surface area contributed by atoms with E-state index in [1.54, 1.807) is 0 Å². The number of carboxylic acids is 1. The van der Waals surface area contributed by atoms with Crippen molar-refractivity contribution in [3.63, 3.8) is 0 Å². The van der Waals surface area contributed by atoms with Crippen LogP contribution in [0.25, 0.3) is 0 Å². The van der Waals surface area contributed by atoms with Gasteiger partial charge in [0.25, 0.3) is 0 Å². The minimum Gasteiger partial charge on any atom is -0.481 e. The van der Waals surface area contributed by atoms with Crippen molar-refractivity contribution < 1.29 is 19.8 Å². The molecule has 0 bridgehead atoms. The Balaban J connectivity index is 0. The van der Waals surface area contributed by atoms with Crippen molar-refractivity contribution in [3.05, 3.63) is 0 Å². The predicted molar refractivity (Wildman–Crippen MR) is 84.8 cm³/mol. The predicted octanol–water partition coefficient (Wildman–Crippen LogP) is 3.07. The Morgan fingerprint density at radius 1 is 1.10 bits per heavy atom. The monoisotopic (exact) mass is 304 g/mol. The fourth-order valence-corrected chi connectivity index (χ4v) is 1.83. The quantitative estimate of drug-likeness (QED) is 0.585. The third-order valence-corrected chi connectivity index (χ3v) is 2.86. The van der Waals surface area contributed by atoms with Gasteiger partial charge in [0.05, 0.1) is 0 Å². The Labute approximate surface area is 128 Å². The number of amides is 1. The molecule has 1 rings (SSSR count). The van der Waals surface area contributed by atoms with Crippen LogP contribution in [0.1, 0.15) is 65.2 Å². The second kappa shape index (κ2) is 16.8. The second-order valence-corrected chi connectivity index (χ2v) is 5.06. The van der Waals surface area contributed by atoms with Gasteiger partial charge in [0.2, 0.25) is 0 Å². The van der Waals surface area contributed by atoms with Gasteiger partial charge in [-0.15, -0.1) is 0 Å². The van der Waals surface area contributed by atoms with Gasteiger partial charge in [-0.3, -0.25) is 4.79 Å². The zero-order valence-corrected chi connectivity index (χ0v) is 13.7. The van der Waals surface area contributed by atoms with Crippen molar-refractivity contribution in [2.75, 3.05) is 13.6 Å². The van der Waals surface area contributed by atoms with Crippen molar-refractivity contribution in [1.82, 2.24) is 10.6 Å². The summed E-state index contributed by atoms with van der Waals surface area (Å²) in [6.45, 7) is 4.45. The largest absolute Gasteiger partial charge is 0.481 e. The lowest BCUT2D eigenvalue weighted by Gasteiger charge is -2.20. The molecule has 0 atom stereocenters. The zero-order valence-electron chi connectivity index (χ0n) is 13.7. The topological polar surface area (TPSA) is 98.7 Å². The fraction of sp³-hybridized carbons (Fsp3) is 0.867. The Hall–Kier alpha value is -1.30. The SMILES string of the molecule is CCC.CNC1CCCCC1.O=C(O)CCCNC(=O)O. The molecule has 0 saturated heterocycles. The molecule has 0 heterocycles. The first-order valence-corrected chi connectivity index (χ1v) is 7.83. The standard InChI is InChI=1S/C7H15N.C5H9NO4.C3H8/c1-8-7-5-3-2-4-6-7;7-4(8)2-1-3-6-5(9)10;1-3-2/h7-8H,2-6H2,1H3;6H,1-3H2,(H,7,8)(H,9,10);3H2,1-2H3. The van der Waals surface area contributed by atoms with Gasteiger partial charge in [-0.25, -0.2) is 4.79 Å². The molecule has 0 unspecified atom stereocenters. The van der Waals surface area contributed by atoms with Crippen LogP contribution in [0.3, 0.4) is 0 Å². The number of carbonyl (C=O) groups is 2. The molecule has 1 aliphatic carbocycles. The van der Waals surface area contributed by atoms with E-state index in [1.807, 2.05) is 0 Å². The summed E-state index contributed by atoms with van der Waals surface area (Å²) in [7, 11) is 2.07. The molecule has 0 aromatic carbocycles. The normalized spacial score (nSPS) is 14.0. The van der Waals surface area contributed by atoms with Crippen molar-refractivity contribution in [3.8, 4) is 0 Å². The van der Waals surface area contributed by atoms with E-state index in [4.69, 9.17) is 10.2 Å². The van der Waals surface area contributed by atoms with Crippen LogP contribution in [0.4, 0.5) is 4.79 Å². The van der Waals surface area contributed by atoms with Crippen LogP contribution in [0.15, 0.2) is 0 Å². The first-order valence-electron chi connectivity index (χ1n) is 7.83. The molecule has 1 fully saturated rings. The van der Waals surface area contributed by atoms with Crippen molar-refractivity contribution >= 4 is 12.1 Å². The van der Waals surface area contributed by atoms with Crippen LogP contribution >= 0.6 is 0 Å². The van der Waals surface area contributed by atoms with Crippen molar-refractivity contribution in [2.24, 2.45) is 0 Å². The molecular formula is C15H32N2O4. The molecule has 1 amide bonds. The highest BCUT2D eigenvalue weighted by atomic mass is 16.4. The second-order valence-electron chi connectivity index (χ2n) is 5.06. The minimum atomic E-state index is -1.12. The van der Waals surface area contributed by atoms with Crippen LogP contribution in [-0.4, -0.2) is 41.9 Å². The average Bonchev–Trinajstić information content (AvgIpc) is 2.46. The Morgan fingerprint density at radius 2 is 1.62 bits per heavy atom. The summed E-state index contributed by atoms with van der Waals surface area (Å²) in [5.74, 6) is -0.910. The number of hydrogen-bond donors (Lipinski definition) is 4. The molecule has 1 saturated carbocycles. The van der Waals surface area contributed by atoms with Crippen LogP contribution < -0.4 is 10.6 Å². The van der Waals surface area contributed by atoms with Gasteiger partial charge < -0.3 is 20.8 Å². The van der Waals surface area contributed by atoms with E-state index in [2.05, 4.69) is 31.5 Å². The van der Waals surface area contributed by atoms with E-state index < -0.39 is 12.1 Å². The lowest BCUT2D eigenvalue weighted by Crippen LogP contribution is -2.26.